The Morgan fingerprint density at radius 2 is 1.79 bits per heavy atom. The van der Waals surface area contributed by atoms with Crippen LogP contribution in [0.1, 0.15) is 49.8 Å². The second-order valence-corrected chi connectivity index (χ2v) is 9.53. The summed E-state index contributed by atoms with van der Waals surface area (Å²) < 4.78 is 19.2. The molecule has 0 heterocycles. The molecule has 6 nitrogen and oxygen atoms in total. The fourth-order valence-electron chi connectivity index (χ4n) is 5.24. The van der Waals surface area contributed by atoms with Crippen molar-refractivity contribution in [2.75, 3.05) is 14.2 Å². The van der Waals surface area contributed by atoms with Crippen LogP contribution in [0.25, 0.3) is 0 Å². The van der Waals surface area contributed by atoms with E-state index >= 15 is 0 Å². The van der Waals surface area contributed by atoms with E-state index in [0.717, 1.165) is 37.0 Å². The lowest BCUT2D eigenvalue weighted by atomic mass is 9.50. The maximum atomic E-state index is 14.1. The average Bonchev–Trinajstić information content (AvgIpc) is 2.77. The lowest BCUT2D eigenvalue weighted by Crippen LogP contribution is -2.59. The summed E-state index contributed by atoms with van der Waals surface area (Å²) in [6.07, 6.45) is 3.48. The van der Waals surface area contributed by atoms with Gasteiger partial charge in [0.15, 0.2) is 0 Å². The molecule has 7 heteroatoms. The fraction of sp³-hybridized carbons (Fsp3) is 0.462. The zero-order valence-electron chi connectivity index (χ0n) is 19.4. The van der Waals surface area contributed by atoms with Gasteiger partial charge >= 0.3 is 6.03 Å². The van der Waals surface area contributed by atoms with E-state index in [2.05, 4.69) is 10.6 Å². The van der Waals surface area contributed by atoms with E-state index in [4.69, 9.17) is 4.74 Å². The zero-order chi connectivity index (χ0) is 23.6. The van der Waals surface area contributed by atoms with E-state index in [1.807, 2.05) is 31.2 Å². The summed E-state index contributed by atoms with van der Waals surface area (Å²) >= 11 is 0. The first-order chi connectivity index (χ1) is 15.8. The van der Waals surface area contributed by atoms with E-state index < -0.39 is 0 Å². The third-order valence-corrected chi connectivity index (χ3v) is 7.30. The van der Waals surface area contributed by atoms with Gasteiger partial charge in [0, 0.05) is 31.1 Å². The number of hydrogen-bond acceptors (Lipinski definition) is 3. The Balaban J connectivity index is 1.18. The maximum absolute atomic E-state index is 14.1. The summed E-state index contributed by atoms with van der Waals surface area (Å²) in [7, 11) is 3.37. The number of nitrogens with one attached hydrogen (secondary N) is 2. The van der Waals surface area contributed by atoms with Gasteiger partial charge < -0.3 is 20.3 Å². The predicted molar refractivity (Wildman–Crippen MR) is 124 cm³/mol. The second-order valence-electron chi connectivity index (χ2n) is 9.53. The Kier molecular flexibility index (Phi) is 6.58. The van der Waals surface area contributed by atoms with E-state index in [9.17, 15) is 14.0 Å². The summed E-state index contributed by atoms with van der Waals surface area (Å²) in [4.78, 5) is 26.8. The Hall–Kier alpha value is -3.09. The van der Waals surface area contributed by atoms with Crippen LogP contribution < -0.4 is 15.4 Å². The molecule has 2 saturated carbocycles. The van der Waals surface area contributed by atoms with Gasteiger partial charge in [-0.2, -0.15) is 0 Å². The van der Waals surface area contributed by atoms with Gasteiger partial charge in [-0.1, -0.05) is 30.3 Å². The number of amides is 3. The van der Waals surface area contributed by atoms with Crippen molar-refractivity contribution in [1.29, 1.82) is 0 Å². The van der Waals surface area contributed by atoms with Crippen LogP contribution in [0.3, 0.4) is 0 Å². The molecule has 0 bridgehead atoms. The molecule has 0 aromatic heterocycles. The van der Waals surface area contributed by atoms with Crippen molar-refractivity contribution in [3.05, 3.63) is 65.5 Å². The molecule has 2 fully saturated rings. The zero-order valence-corrected chi connectivity index (χ0v) is 19.4. The molecule has 2 aromatic carbocycles. The molecule has 33 heavy (non-hydrogen) atoms. The smallest absolute Gasteiger partial charge is 0.315 e. The molecule has 2 aliphatic carbocycles. The van der Waals surface area contributed by atoms with Crippen LogP contribution in [-0.4, -0.2) is 37.0 Å². The first kappa shape index (κ1) is 23.1. The number of benzene rings is 2. The minimum absolute atomic E-state index is 0.0194. The van der Waals surface area contributed by atoms with Gasteiger partial charge in [0.05, 0.1) is 13.2 Å². The third kappa shape index (κ3) is 4.97. The van der Waals surface area contributed by atoms with E-state index in [0.29, 0.717) is 12.1 Å². The SMILES string of the molecule is COc1ccc(CNC(=O)NC2CC3(C2)CC(C(=O)N(C)[C@@H](C)c2ccccc2F)C3)cc1. The highest BCUT2D eigenvalue weighted by molar-refractivity contribution is 5.80. The van der Waals surface area contributed by atoms with Crippen LogP contribution in [0.15, 0.2) is 48.5 Å². The summed E-state index contributed by atoms with van der Waals surface area (Å²) in [6.45, 7) is 2.31. The first-order valence-corrected chi connectivity index (χ1v) is 11.5. The molecule has 176 valence electrons. The Morgan fingerprint density at radius 3 is 2.42 bits per heavy atom. The molecule has 2 N–H and O–H groups in total. The topological polar surface area (TPSA) is 70.7 Å². The van der Waals surface area contributed by atoms with Crippen molar-refractivity contribution in [2.45, 2.75) is 51.2 Å². The van der Waals surface area contributed by atoms with Crippen molar-refractivity contribution in [1.82, 2.24) is 15.5 Å². The van der Waals surface area contributed by atoms with Crippen molar-refractivity contribution in [3.8, 4) is 5.75 Å². The molecule has 0 saturated heterocycles. The number of urea groups is 1. The van der Waals surface area contributed by atoms with Crippen LogP contribution in [0.4, 0.5) is 9.18 Å². The van der Waals surface area contributed by atoms with Crippen LogP contribution in [0, 0.1) is 17.2 Å². The lowest BCUT2D eigenvalue weighted by molar-refractivity contribution is -0.150. The van der Waals surface area contributed by atoms with Gasteiger partial charge in [-0.15, -0.1) is 0 Å². The molecule has 2 aliphatic rings. The van der Waals surface area contributed by atoms with Gasteiger partial charge in [-0.3, -0.25) is 4.79 Å². The number of nitrogens with zero attached hydrogens (tertiary/aromatic N) is 1. The van der Waals surface area contributed by atoms with Gasteiger partial charge in [-0.05, 0) is 61.8 Å². The number of carbonyl (C=O) groups is 2. The number of ether oxygens (including phenoxy) is 1. The highest BCUT2D eigenvalue weighted by atomic mass is 19.1. The number of rotatable bonds is 7. The Bertz CT molecular complexity index is 996. The summed E-state index contributed by atoms with van der Waals surface area (Å²) in [5.74, 6) is 0.556. The average molecular weight is 454 g/mol. The lowest BCUT2D eigenvalue weighted by Gasteiger charge is -2.57. The Morgan fingerprint density at radius 1 is 1.12 bits per heavy atom. The predicted octanol–water partition coefficient (Wildman–Crippen LogP) is 4.41. The van der Waals surface area contributed by atoms with Crippen molar-refractivity contribution in [2.24, 2.45) is 11.3 Å². The van der Waals surface area contributed by atoms with E-state index in [-0.39, 0.29) is 41.2 Å². The van der Waals surface area contributed by atoms with Crippen LogP contribution in [0.5, 0.6) is 5.75 Å². The minimum atomic E-state index is -0.305. The highest BCUT2D eigenvalue weighted by Gasteiger charge is 2.55. The Labute approximate surface area is 194 Å². The van der Waals surface area contributed by atoms with Crippen LogP contribution in [0.2, 0.25) is 0 Å². The number of hydrogen-bond donors (Lipinski definition) is 2. The van der Waals surface area contributed by atoms with Gasteiger partial charge in [0.1, 0.15) is 11.6 Å². The van der Waals surface area contributed by atoms with Gasteiger partial charge in [0.2, 0.25) is 5.91 Å². The largest absolute Gasteiger partial charge is 0.497 e. The molecule has 0 aliphatic heterocycles. The maximum Gasteiger partial charge on any atom is 0.315 e. The van der Waals surface area contributed by atoms with Crippen molar-refractivity contribution >= 4 is 11.9 Å². The highest BCUT2D eigenvalue weighted by Crippen LogP contribution is 2.59. The molecule has 0 radical (unpaired) electrons. The fourth-order valence-corrected chi connectivity index (χ4v) is 5.24. The minimum Gasteiger partial charge on any atom is -0.497 e. The number of halogens is 1. The molecule has 3 amide bonds. The first-order valence-electron chi connectivity index (χ1n) is 11.5. The van der Waals surface area contributed by atoms with E-state index in [1.165, 1.54) is 6.07 Å². The molecule has 2 aromatic rings. The molecule has 0 unspecified atom stereocenters. The molecular formula is C26H32FN3O3. The van der Waals surface area contributed by atoms with Crippen molar-refractivity contribution < 1.29 is 18.7 Å². The standard InChI is InChI=1S/C26H32FN3O3/c1-17(22-6-4-5-7-23(22)27)30(2)24(31)19-12-26(13-19)14-20(15-26)29-25(32)28-16-18-8-10-21(33-3)11-9-18/h4-11,17,19-20H,12-16H2,1-3H3,(H2,28,29,32)/t17-,19?,20?,26?/m0/s1. The normalized spacial score (nSPS) is 24.2. The van der Waals surface area contributed by atoms with Crippen LogP contribution in [-0.2, 0) is 11.3 Å². The molecule has 1 atom stereocenters. The van der Waals surface area contributed by atoms with Crippen molar-refractivity contribution in [3.63, 3.8) is 0 Å². The van der Waals surface area contributed by atoms with Crippen LogP contribution >= 0.6 is 0 Å². The monoisotopic (exact) mass is 453 g/mol. The molecular weight excluding hydrogens is 421 g/mol. The quantitative estimate of drug-likeness (QED) is 0.652. The number of carbonyl (C=O) groups excluding carboxylic acids is 2. The van der Waals surface area contributed by atoms with Gasteiger partial charge in [-0.25, -0.2) is 9.18 Å². The molecule has 1 spiro atoms. The summed E-state index contributed by atoms with van der Waals surface area (Å²) in [5.41, 5.74) is 1.71. The van der Waals surface area contributed by atoms with E-state index in [1.54, 1.807) is 37.3 Å². The summed E-state index contributed by atoms with van der Waals surface area (Å²) in [5, 5.41) is 5.92. The second kappa shape index (κ2) is 9.41. The molecule has 4 rings (SSSR count). The van der Waals surface area contributed by atoms with Gasteiger partial charge in [0.25, 0.3) is 0 Å². The third-order valence-electron chi connectivity index (χ3n) is 7.30. The summed E-state index contributed by atoms with van der Waals surface area (Å²) in [6, 6.07) is 13.9. The number of methoxy groups -OCH3 is 1.